The Bertz CT molecular complexity index is 344. The number of nitrogens with zero attached hydrogens (tertiary/aromatic N) is 1. The third kappa shape index (κ3) is 2.91. The van der Waals surface area contributed by atoms with Gasteiger partial charge in [-0.2, -0.15) is 5.26 Å². The molecule has 2 aliphatic heterocycles. The van der Waals surface area contributed by atoms with E-state index in [0.29, 0.717) is 19.3 Å². The summed E-state index contributed by atoms with van der Waals surface area (Å²) in [5, 5.41) is 36.9. The van der Waals surface area contributed by atoms with E-state index >= 15 is 0 Å². The van der Waals surface area contributed by atoms with Crippen LogP contribution in [0.1, 0.15) is 32.1 Å². The second kappa shape index (κ2) is 6.16. The molecule has 19 heavy (non-hydrogen) atoms. The first-order valence-corrected chi connectivity index (χ1v) is 6.75. The van der Waals surface area contributed by atoms with E-state index in [-0.39, 0.29) is 25.4 Å². The van der Waals surface area contributed by atoms with Gasteiger partial charge in [-0.05, 0) is 19.3 Å². The van der Waals surface area contributed by atoms with Gasteiger partial charge >= 0.3 is 0 Å². The molecule has 6 heteroatoms. The van der Waals surface area contributed by atoms with Crippen molar-refractivity contribution in [3.63, 3.8) is 0 Å². The quantitative estimate of drug-likeness (QED) is 0.635. The number of rotatable bonds is 5. The van der Waals surface area contributed by atoms with Crippen molar-refractivity contribution >= 4 is 0 Å². The minimum Gasteiger partial charge on any atom is -0.394 e. The molecule has 0 aromatic carbocycles. The lowest BCUT2D eigenvalue weighted by Gasteiger charge is -2.40. The highest BCUT2D eigenvalue weighted by Gasteiger charge is 2.54. The first kappa shape index (κ1) is 14.7. The van der Waals surface area contributed by atoms with Crippen molar-refractivity contribution < 1.29 is 24.8 Å². The number of hydrogen-bond donors (Lipinski definition) is 3. The Kier molecular flexibility index (Phi) is 4.76. The number of aliphatic hydroxyl groups excluding tert-OH is 3. The Morgan fingerprint density at radius 1 is 1.37 bits per heavy atom. The van der Waals surface area contributed by atoms with Crippen LogP contribution in [-0.4, -0.2) is 58.6 Å². The number of aliphatic hydroxyl groups is 3. The van der Waals surface area contributed by atoms with E-state index in [1.165, 1.54) is 0 Å². The molecule has 2 rings (SSSR count). The van der Waals surface area contributed by atoms with Crippen LogP contribution in [-0.2, 0) is 9.47 Å². The lowest BCUT2D eigenvalue weighted by atomic mass is 9.86. The van der Waals surface area contributed by atoms with Gasteiger partial charge in [-0.15, -0.1) is 0 Å². The van der Waals surface area contributed by atoms with Crippen molar-refractivity contribution in [1.82, 2.24) is 0 Å². The number of ether oxygens (including phenoxy) is 2. The summed E-state index contributed by atoms with van der Waals surface area (Å²) in [6.45, 7) is -0.536. The van der Waals surface area contributed by atoms with Crippen molar-refractivity contribution in [2.45, 2.75) is 62.1 Å². The highest BCUT2D eigenvalue weighted by Crippen LogP contribution is 2.42. The molecule has 3 N–H and O–H groups in total. The summed E-state index contributed by atoms with van der Waals surface area (Å²) < 4.78 is 11.7. The fraction of sp³-hybridized carbons (Fsp3) is 0.923. The van der Waals surface area contributed by atoms with E-state index < -0.39 is 17.8 Å². The zero-order valence-electron chi connectivity index (χ0n) is 10.9. The molecule has 5 atom stereocenters. The topological polar surface area (TPSA) is 103 Å². The Morgan fingerprint density at radius 2 is 2.16 bits per heavy atom. The van der Waals surface area contributed by atoms with Crippen LogP contribution in [0.4, 0.5) is 0 Å². The van der Waals surface area contributed by atoms with Crippen LogP contribution in [0.25, 0.3) is 0 Å². The zero-order chi connectivity index (χ0) is 13.9. The van der Waals surface area contributed by atoms with Crippen molar-refractivity contribution in [3.05, 3.63) is 0 Å². The predicted molar refractivity (Wildman–Crippen MR) is 65.1 cm³/mol. The molecule has 3 unspecified atom stereocenters. The van der Waals surface area contributed by atoms with Gasteiger partial charge in [0.25, 0.3) is 0 Å². The second-order valence-corrected chi connectivity index (χ2v) is 5.35. The van der Waals surface area contributed by atoms with Gasteiger partial charge in [0.05, 0.1) is 37.6 Å². The monoisotopic (exact) mass is 271 g/mol. The summed E-state index contributed by atoms with van der Waals surface area (Å²) in [7, 11) is 0. The molecule has 0 aromatic rings. The fourth-order valence-corrected chi connectivity index (χ4v) is 3.02. The van der Waals surface area contributed by atoms with Gasteiger partial charge in [0.15, 0.2) is 0 Å². The van der Waals surface area contributed by atoms with Crippen LogP contribution in [0.5, 0.6) is 0 Å². The Hall–Kier alpha value is -0.710. The van der Waals surface area contributed by atoms with E-state index in [2.05, 4.69) is 6.07 Å². The van der Waals surface area contributed by atoms with Crippen molar-refractivity contribution in [1.29, 1.82) is 5.26 Å². The van der Waals surface area contributed by atoms with Gasteiger partial charge in [0.1, 0.15) is 11.7 Å². The average Bonchev–Trinajstić information content (AvgIpc) is 2.83. The third-order valence-corrected chi connectivity index (χ3v) is 4.09. The summed E-state index contributed by atoms with van der Waals surface area (Å²) in [4.78, 5) is 0. The Balaban J connectivity index is 2.02. The van der Waals surface area contributed by atoms with E-state index in [0.717, 1.165) is 12.8 Å². The third-order valence-electron chi connectivity index (χ3n) is 4.09. The van der Waals surface area contributed by atoms with Crippen molar-refractivity contribution in [2.75, 3.05) is 13.2 Å². The molecular formula is C13H21NO5. The normalized spacial score (nSPS) is 39.6. The van der Waals surface area contributed by atoms with Gasteiger partial charge < -0.3 is 24.8 Å². The minimum atomic E-state index is -0.949. The minimum absolute atomic E-state index is 0.0448. The Morgan fingerprint density at radius 3 is 2.79 bits per heavy atom. The molecule has 0 amide bonds. The van der Waals surface area contributed by atoms with Gasteiger partial charge in [-0.25, -0.2) is 0 Å². The maximum atomic E-state index is 9.67. The summed E-state index contributed by atoms with van der Waals surface area (Å²) in [6, 6.07) is 2.09. The van der Waals surface area contributed by atoms with Gasteiger partial charge in [0, 0.05) is 12.8 Å². The SMILES string of the molecule is N#CCCC1CCC2O[C@@H]([C@H](O)CO)CC2(CO)O1. The lowest BCUT2D eigenvalue weighted by molar-refractivity contribution is -0.185. The largest absolute Gasteiger partial charge is 0.394 e. The molecule has 0 spiro atoms. The van der Waals surface area contributed by atoms with Crippen LogP contribution >= 0.6 is 0 Å². The van der Waals surface area contributed by atoms with Gasteiger partial charge in [0.2, 0.25) is 0 Å². The molecule has 2 saturated heterocycles. The average molecular weight is 271 g/mol. The molecule has 2 fully saturated rings. The molecule has 2 aliphatic rings. The molecular weight excluding hydrogens is 250 g/mol. The highest BCUT2D eigenvalue weighted by molar-refractivity contribution is 5.02. The molecule has 0 aromatic heterocycles. The number of fused-ring (bicyclic) bond motifs is 1. The van der Waals surface area contributed by atoms with Crippen LogP contribution < -0.4 is 0 Å². The van der Waals surface area contributed by atoms with E-state index in [1.54, 1.807) is 0 Å². The molecule has 6 nitrogen and oxygen atoms in total. The lowest BCUT2D eigenvalue weighted by Crippen LogP contribution is -2.51. The highest BCUT2D eigenvalue weighted by atomic mass is 16.6. The molecule has 108 valence electrons. The van der Waals surface area contributed by atoms with Crippen molar-refractivity contribution in [2.24, 2.45) is 0 Å². The van der Waals surface area contributed by atoms with Crippen LogP contribution in [0.3, 0.4) is 0 Å². The van der Waals surface area contributed by atoms with Gasteiger partial charge in [-0.1, -0.05) is 0 Å². The summed E-state index contributed by atoms with van der Waals surface area (Å²) in [5.41, 5.74) is -0.792. The number of nitriles is 1. The molecule has 0 radical (unpaired) electrons. The van der Waals surface area contributed by atoms with Crippen LogP contribution in [0, 0.1) is 11.3 Å². The van der Waals surface area contributed by atoms with Crippen molar-refractivity contribution in [3.8, 4) is 6.07 Å². The second-order valence-electron chi connectivity index (χ2n) is 5.35. The van der Waals surface area contributed by atoms with E-state index in [4.69, 9.17) is 19.8 Å². The molecule has 0 aliphatic carbocycles. The Labute approximate surface area is 112 Å². The fourth-order valence-electron chi connectivity index (χ4n) is 3.02. The van der Waals surface area contributed by atoms with E-state index in [1.807, 2.05) is 0 Å². The maximum Gasteiger partial charge on any atom is 0.120 e. The first-order valence-electron chi connectivity index (χ1n) is 6.75. The summed E-state index contributed by atoms with van der Waals surface area (Å²) in [6.07, 6.45) is 1.24. The summed E-state index contributed by atoms with van der Waals surface area (Å²) in [5.74, 6) is 0. The molecule has 0 bridgehead atoms. The molecule has 0 saturated carbocycles. The smallest absolute Gasteiger partial charge is 0.120 e. The molecule has 2 heterocycles. The first-order chi connectivity index (χ1) is 9.15. The predicted octanol–water partition coefficient (Wildman–Crippen LogP) is -0.289. The standard InChI is InChI=1S/C13H21NO5/c14-5-1-2-9-3-4-12-13(8-16,19-9)6-11(18-12)10(17)7-15/h9-12,15-17H,1-4,6-8H2/t9?,10-,11-,12?,13?/m1/s1. The van der Waals surface area contributed by atoms with Crippen LogP contribution in [0.15, 0.2) is 0 Å². The summed E-state index contributed by atoms with van der Waals surface area (Å²) >= 11 is 0. The van der Waals surface area contributed by atoms with Gasteiger partial charge in [-0.3, -0.25) is 0 Å². The maximum absolute atomic E-state index is 9.67. The number of hydrogen-bond acceptors (Lipinski definition) is 6. The van der Waals surface area contributed by atoms with E-state index in [9.17, 15) is 10.2 Å². The zero-order valence-corrected chi connectivity index (χ0v) is 10.9. The van der Waals surface area contributed by atoms with Crippen LogP contribution in [0.2, 0.25) is 0 Å².